The Bertz CT molecular complexity index is 2310. The molecule has 2 aromatic heterocycles. The third kappa shape index (κ3) is 8.92. The first-order chi connectivity index (χ1) is 26.0. The standard InChI is InChI=1S/C22H22N.C19H16N.Ir/c1-22(2,3)16-17-9-11-18(12-10-17)20-13-14-23-21(15-20)19-7-5-4-6-8-19;1-14-8-11-19(20-13-14)17-10-9-15(2)18(12-17)16-6-4-3-5-7-16;/h4-7,9-15H,16H2,1-3H3;3-9,11-13H,1-2H3;/q2*-1;/i16D2;1D3,2D3,3D,4D,5D,6D,7D;. The smallest absolute Gasteiger partial charge is 0.0629 e. The molecule has 0 bridgehead atoms. The van der Waals surface area contributed by atoms with Crippen LogP contribution in [-0.4, -0.2) is 9.97 Å². The van der Waals surface area contributed by atoms with Gasteiger partial charge in [0.15, 0.2) is 0 Å². The minimum Gasteiger partial charge on any atom is -0.305 e. The molecule has 4 aromatic carbocycles. The van der Waals surface area contributed by atoms with Crippen LogP contribution in [0.3, 0.4) is 0 Å². The van der Waals surface area contributed by atoms with Crippen LogP contribution < -0.4 is 0 Å². The van der Waals surface area contributed by atoms with Crippen LogP contribution in [0, 0.1) is 31.3 Å². The zero-order chi connectivity index (χ0) is 41.4. The maximum absolute atomic E-state index is 8.39. The molecule has 6 aromatic rings. The molecular formula is C41H38IrN2-2. The Balaban J connectivity index is 0.000000254. The molecule has 6 rings (SSSR count). The quantitative estimate of drug-likeness (QED) is 0.163. The summed E-state index contributed by atoms with van der Waals surface area (Å²) in [7, 11) is 0. The van der Waals surface area contributed by atoms with Crippen molar-refractivity contribution in [1.82, 2.24) is 9.97 Å². The molecule has 0 fully saturated rings. The van der Waals surface area contributed by atoms with E-state index in [9.17, 15) is 0 Å². The second kappa shape index (κ2) is 15.0. The molecular weight excluding hydrogens is 713 g/mol. The van der Waals surface area contributed by atoms with Gasteiger partial charge < -0.3 is 9.97 Å². The molecule has 2 nitrogen and oxygen atoms in total. The second-order valence-corrected chi connectivity index (χ2v) is 10.8. The van der Waals surface area contributed by atoms with Crippen LogP contribution in [0.4, 0.5) is 0 Å². The molecule has 0 aliphatic carbocycles. The Morgan fingerprint density at radius 2 is 1.59 bits per heavy atom. The van der Waals surface area contributed by atoms with Crippen molar-refractivity contribution < 1.29 is 37.9 Å². The number of aryl methyl sites for hydroxylation is 2. The Hall–Kier alpha value is -4.17. The summed E-state index contributed by atoms with van der Waals surface area (Å²) >= 11 is 0. The summed E-state index contributed by atoms with van der Waals surface area (Å²) in [4.78, 5) is 8.54. The van der Waals surface area contributed by atoms with Gasteiger partial charge in [0.05, 0.1) is 6.85 Å². The van der Waals surface area contributed by atoms with Crippen molar-refractivity contribution in [3.05, 3.63) is 156 Å². The maximum Gasteiger partial charge on any atom is 0.0629 e. The number of aromatic nitrogens is 2. The van der Waals surface area contributed by atoms with Crippen molar-refractivity contribution in [2.24, 2.45) is 5.41 Å². The molecule has 44 heavy (non-hydrogen) atoms. The normalized spacial score (nSPS) is 15.9. The van der Waals surface area contributed by atoms with Crippen molar-refractivity contribution in [2.45, 2.75) is 40.8 Å². The average molecular weight is 764 g/mol. The number of hydrogen-bond donors (Lipinski definition) is 0. The molecule has 0 atom stereocenters. The van der Waals surface area contributed by atoms with Gasteiger partial charge in [0.25, 0.3) is 0 Å². The van der Waals surface area contributed by atoms with Crippen LogP contribution in [-0.2, 0) is 26.5 Å². The van der Waals surface area contributed by atoms with Gasteiger partial charge >= 0.3 is 0 Å². The molecule has 2 heterocycles. The van der Waals surface area contributed by atoms with E-state index in [1.165, 1.54) is 30.5 Å². The van der Waals surface area contributed by atoms with Gasteiger partial charge in [-0.25, -0.2) is 0 Å². The summed E-state index contributed by atoms with van der Waals surface area (Å²) in [6.45, 7) is 0.801. The van der Waals surface area contributed by atoms with Crippen molar-refractivity contribution >= 4 is 0 Å². The van der Waals surface area contributed by atoms with E-state index in [0.717, 1.165) is 22.4 Å². The van der Waals surface area contributed by atoms with E-state index in [0.29, 0.717) is 11.3 Å². The van der Waals surface area contributed by atoms with Gasteiger partial charge in [-0.3, -0.25) is 0 Å². The van der Waals surface area contributed by atoms with Crippen molar-refractivity contribution in [3.63, 3.8) is 0 Å². The molecule has 223 valence electrons. The van der Waals surface area contributed by atoms with Crippen LogP contribution in [0.5, 0.6) is 0 Å². The maximum atomic E-state index is 8.39. The average Bonchev–Trinajstić information content (AvgIpc) is 3.16. The first-order valence-electron chi connectivity index (χ1n) is 20.2. The van der Waals surface area contributed by atoms with Crippen LogP contribution in [0.15, 0.2) is 128 Å². The molecule has 0 saturated carbocycles. The molecule has 3 heteroatoms. The van der Waals surface area contributed by atoms with Gasteiger partial charge in [-0.1, -0.05) is 106 Å². The van der Waals surface area contributed by atoms with Crippen LogP contribution >= 0.6 is 0 Å². The summed E-state index contributed by atoms with van der Waals surface area (Å²) in [5.41, 5.74) is 4.27. The predicted octanol–water partition coefficient (Wildman–Crippen LogP) is 10.6. The molecule has 0 aliphatic rings. The zero-order valence-electron chi connectivity index (χ0n) is 37.5. The Labute approximate surface area is 294 Å². The van der Waals surface area contributed by atoms with Crippen molar-refractivity contribution in [1.29, 1.82) is 0 Å². The first-order valence-corrected chi connectivity index (χ1v) is 13.7. The summed E-state index contributed by atoms with van der Waals surface area (Å²) in [5.74, 6) is 0. The molecule has 0 aliphatic heterocycles. The zero-order valence-corrected chi connectivity index (χ0v) is 26.9. The number of rotatable bonds is 5. The summed E-state index contributed by atoms with van der Waals surface area (Å²) < 4.78 is 102. The van der Waals surface area contributed by atoms with Gasteiger partial charge in [0.2, 0.25) is 0 Å². The van der Waals surface area contributed by atoms with Gasteiger partial charge in [-0.05, 0) is 63.9 Å². The SMILES string of the molecule is [2H]C([2H])(c1ccc(-c2ccnc(-c3[c-]cccc3)c2)cc1)C(C)(C)C.[2H]c1c([2H])c([2H])c(-c2cc(-c3ccc(C([2H])([2H])[2H])cn3)[c-]cc2C([2H])([2H])[2H])c([2H])c1[2H].[Ir]. The molecule has 0 N–H and O–H groups in total. The Kier molecular flexibility index (Phi) is 6.58. The first kappa shape index (κ1) is 19.3. The van der Waals surface area contributed by atoms with E-state index in [1.54, 1.807) is 6.20 Å². The fourth-order valence-electron chi connectivity index (χ4n) is 4.27. The topological polar surface area (TPSA) is 25.8 Å². The van der Waals surface area contributed by atoms with Gasteiger partial charge in [0, 0.05) is 43.5 Å². The van der Waals surface area contributed by atoms with Gasteiger partial charge in [0.1, 0.15) is 0 Å². The number of benzene rings is 4. The molecule has 0 unspecified atom stereocenters. The van der Waals surface area contributed by atoms with E-state index in [2.05, 4.69) is 22.1 Å². The number of hydrogen-bond acceptors (Lipinski definition) is 2. The second-order valence-electron chi connectivity index (χ2n) is 10.8. The largest absolute Gasteiger partial charge is 0.305 e. The molecule has 0 amide bonds. The van der Waals surface area contributed by atoms with Gasteiger partial charge in [-0.15, -0.1) is 65.2 Å². The fraction of sp³-hybridized carbons (Fsp3) is 0.171. The minimum atomic E-state index is -2.63. The fourth-order valence-corrected chi connectivity index (χ4v) is 4.27. The minimum absolute atomic E-state index is 0. The molecule has 0 spiro atoms. The van der Waals surface area contributed by atoms with E-state index in [1.807, 2.05) is 81.4 Å². The number of nitrogens with zero attached hydrogens (tertiary/aromatic N) is 2. The third-order valence-corrected chi connectivity index (χ3v) is 6.24. The monoisotopic (exact) mass is 764 g/mol. The molecule has 0 saturated heterocycles. The predicted molar refractivity (Wildman–Crippen MR) is 181 cm³/mol. The van der Waals surface area contributed by atoms with Crippen LogP contribution in [0.2, 0.25) is 0 Å². The summed E-state index contributed by atoms with van der Waals surface area (Å²) in [6, 6.07) is 28.0. The van der Waals surface area contributed by atoms with E-state index < -0.39 is 55.7 Å². The summed E-state index contributed by atoms with van der Waals surface area (Å²) in [5, 5.41) is 0. The van der Waals surface area contributed by atoms with E-state index in [-0.39, 0.29) is 47.9 Å². The van der Waals surface area contributed by atoms with Crippen LogP contribution in [0.1, 0.15) is 55.3 Å². The van der Waals surface area contributed by atoms with Gasteiger partial charge in [-0.2, -0.15) is 0 Å². The van der Waals surface area contributed by atoms with E-state index in [4.69, 9.17) is 17.8 Å². The Morgan fingerprint density at radius 1 is 0.773 bits per heavy atom. The summed E-state index contributed by atoms with van der Waals surface area (Å²) in [6.07, 6.45) is 1.60. The Morgan fingerprint density at radius 3 is 2.25 bits per heavy atom. The molecule has 1 radical (unpaired) electrons. The van der Waals surface area contributed by atoms with Crippen LogP contribution in [0.25, 0.3) is 44.8 Å². The van der Waals surface area contributed by atoms with Crippen molar-refractivity contribution in [3.8, 4) is 44.8 Å². The van der Waals surface area contributed by atoms with Crippen molar-refractivity contribution in [2.75, 3.05) is 0 Å². The number of pyridine rings is 2. The van der Waals surface area contributed by atoms with E-state index >= 15 is 0 Å². The third-order valence-electron chi connectivity index (χ3n) is 6.24.